The number of nitrogens with zero attached hydrogens (tertiary/aromatic N) is 3. The molecule has 0 bridgehead atoms. The van der Waals surface area contributed by atoms with Crippen LogP contribution in [0.25, 0.3) is 11.3 Å². The van der Waals surface area contributed by atoms with E-state index in [9.17, 15) is 18.3 Å². The van der Waals surface area contributed by atoms with E-state index in [0.717, 1.165) is 34.6 Å². The maximum Gasteiger partial charge on any atom is 0.416 e. The Morgan fingerprint density at radius 1 is 0.972 bits per heavy atom. The third kappa shape index (κ3) is 4.62. The van der Waals surface area contributed by atoms with Gasteiger partial charge in [-0.3, -0.25) is 4.90 Å². The fourth-order valence-electron chi connectivity index (χ4n) is 4.57. The lowest BCUT2D eigenvalue weighted by Crippen LogP contribution is -2.23. The Labute approximate surface area is 211 Å². The number of para-hydroxylation sites is 1. The van der Waals surface area contributed by atoms with Crippen LogP contribution >= 0.6 is 11.6 Å². The van der Waals surface area contributed by atoms with E-state index in [4.69, 9.17) is 17.3 Å². The molecule has 1 atom stereocenters. The van der Waals surface area contributed by atoms with E-state index in [2.05, 4.69) is 9.97 Å². The molecule has 4 aromatic rings. The van der Waals surface area contributed by atoms with Crippen molar-refractivity contribution in [1.29, 1.82) is 0 Å². The van der Waals surface area contributed by atoms with Crippen LogP contribution in [0.5, 0.6) is 0 Å². The summed E-state index contributed by atoms with van der Waals surface area (Å²) in [7, 11) is 0. The van der Waals surface area contributed by atoms with Gasteiger partial charge in [0.05, 0.1) is 23.0 Å². The number of aliphatic hydroxyl groups excluding tert-OH is 1. The minimum atomic E-state index is -4.49. The molecule has 36 heavy (non-hydrogen) atoms. The molecule has 0 aliphatic heterocycles. The van der Waals surface area contributed by atoms with Crippen molar-refractivity contribution < 1.29 is 18.3 Å². The summed E-state index contributed by atoms with van der Waals surface area (Å²) in [5.74, 6) is 0.495. The van der Waals surface area contributed by atoms with Crippen LogP contribution in [-0.4, -0.2) is 21.2 Å². The van der Waals surface area contributed by atoms with E-state index in [-0.39, 0.29) is 5.69 Å². The Morgan fingerprint density at radius 3 is 2.47 bits per heavy atom. The van der Waals surface area contributed by atoms with Gasteiger partial charge in [-0.2, -0.15) is 13.2 Å². The van der Waals surface area contributed by atoms with Gasteiger partial charge < -0.3 is 10.8 Å². The van der Waals surface area contributed by atoms with E-state index in [1.54, 1.807) is 6.07 Å². The zero-order valence-electron chi connectivity index (χ0n) is 19.0. The van der Waals surface area contributed by atoms with Crippen LogP contribution in [0, 0.1) is 0 Å². The van der Waals surface area contributed by atoms with Gasteiger partial charge in [-0.1, -0.05) is 35.9 Å². The lowest BCUT2D eigenvalue weighted by Gasteiger charge is -2.31. The van der Waals surface area contributed by atoms with Gasteiger partial charge in [-0.25, -0.2) is 9.97 Å². The number of rotatable bonds is 4. The van der Waals surface area contributed by atoms with Crippen molar-refractivity contribution in [3.63, 3.8) is 0 Å². The predicted octanol–water partition coefficient (Wildman–Crippen LogP) is 6.72. The van der Waals surface area contributed by atoms with Crippen LogP contribution < -0.4 is 10.6 Å². The minimum Gasteiger partial charge on any atom is -0.398 e. The topological polar surface area (TPSA) is 75.3 Å². The van der Waals surface area contributed by atoms with E-state index in [1.807, 2.05) is 47.4 Å². The fraction of sp³-hybridized carbons (Fsp3) is 0.185. The molecule has 0 radical (unpaired) electrons. The van der Waals surface area contributed by atoms with Gasteiger partial charge in [0.25, 0.3) is 0 Å². The van der Waals surface area contributed by atoms with Gasteiger partial charge in [0.15, 0.2) is 0 Å². The third-order valence-electron chi connectivity index (χ3n) is 6.31. The van der Waals surface area contributed by atoms with Crippen molar-refractivity contribution in [3.05, 3.63) is 94.8 Å². The molecule has 5 rings (SSSR count). The number of benzene rings is 3. The van der Waals surface area contributed by atoms with Crippen LogP contribution in [0.1, 0.15) is 23.1 Å². The summed E-state index contributed by atoms with van der Waals surface area (Å²) >= 11 is 6.51. The highest BCUT2D eigenvalue weighted by Crippen LogP contribution is 2.42. The summed E-state index contributed by atoms with van der Waals surface area (Å²) in [6, 6.07) is 18.2. The molecule has 1 aromatic heterocycles. The summed E-state index contributed by atoms with van der Waals surface area (Å²) in [6.07, 6.45) is -1.89. The third-order valence-corrected chi connectivity index (χ3v) is 6.66. The van der Waals surface area contributed by atoms with Crippen molar-refractivity contribution in [3.8, 4) is 11.3 Å². The molecular weight excluding hydrogens is 489 g/mol. The summed E-state index contributed by atoms with van der Waals surface area (Å²) in [6.45, 7) is 0. The molecule has 1 aliphatic rings. The molecule has 1 unspecified atom stereocenters. The molecule has 3 aromatic carbocycles. The fourth-order valence-corrected chi connectivity index (χ4v) is 4.84. The number of alkyl halides is 3. The number of hydrogen-bond donors (Lipinski definition) is 2. The SMILES string of the molecule is Nc1cc(C(F)(F)F)ccc1-c1cc(N(c2ccccc2)c2ccc(Cl)c3c2CC(O)CC3)ncn1. The van der Waals surface area contributed by atoms with Crippen molar-refractivity contribution in [2.45, 2.75) is 31.5 Å². The Balaban J connectivity index is 1.65. The van der Waals surface area contributed by atoms with Crippen LogP contribution in [0.15, 0.2) is 73.1 Å². The monoisotopic (exact) mass is 510 g/mol. The van der Waals surface area contributed by atoms with Crippen molar-refractivity contribution in [1.82, 2.24) is 9.97 Å². The maximum absolute atomic E-state index is 13.1. The second-order valence-electron chi connectivity index (χ2n) is 8.65. The first-order valence-electron chi connectivity index (χ1n) is 11.3. The molecule has 1 aliphatic carbocycles. The molecule has 1 heterocycles. The number of anilines is 4. The van der Waals surface area contributed by atoms with Gasteiger partial charge >= 0.3 is 6.18 Å². The van der Waals surface area contributed by atoms with Gasteiger partial charge in [-0.15, -0.1) is 0 Å². The highest BCUT2D eigenvalue weighted by atomic mass is 35.5. The average Bonchev–Trinajstić information content (AvgIpc) is 2.86. The van der Waals surface area contributed by atoms with Crippen molar-refractivity contribution >= 4 is 34.5 Å². The summed E-state index contributed by atoms with van der Waals surface area (Å²) in [4.78, 5) is 10.7. The predicted molar refractivity (Wildman–Crippen MR) is 135 cm³/mol. The average molecular weight is 511 g/mol. The Morgan fingerprint density at radius 2 is 1.75 bits per heavy atom. The highest BCUT2D eigenvalue weighted by Gasteiger charge is 2.31. The number of halogens is 4. The normalized spacial score (nSPS) is 15.4. The number of hydrogen-bond acceptors (Lipinski definition) is 5. The Bertz CT molecular complexity index is 1410. The molecule has 0 amide bonds. The largest absolute Gasteiger partial charge is 0.416 e. The zero-order chi connectivity index (χ0) is 25.4. The second-order valence-corrected chi connectivity index (χ2v) is 9.06. The molecule has 3 N–H and O–H groups in total. The second kappa shape index (κ2) is 9.44. The first-order chi connectivity index (χ1) is 17.2. The molecule has 0 saturated carbocycles. The zero-order valence-corrected chi connectivity index (χ0v) is 19.8. The Hall–Kier alpha value is -3.62. The summed E-state index contributed by atoms with van der Waals surface area (Å²) in [5, 5.41) is 11.1. The minimum absolute atomic E-state index is 0.0345. The van der Waals surface area contributed by atoms with Gasteiger partial charge in [0.1, 0.15) is 12.1 Å². The molecule has 5 nitrogen and oxygen atoms in total. The number of aliphatic hydroxyl groups is 1. The van der Waals surface area contributed by atoms with Crippen molar-refractivity contribution in [2.24, 2.45) is 0 Å². The maximum atomic E-state index is 13.1. The quantitative estimate of drug-likeness (QED) is 0.298. The molecule has 0 saturated heterocycles. The van der Waals surface area contributed by atoms with Crippen LogP contribution in [0.3, 0.4) is 0 Å². The number of aromatic nitrogens is 2. The van der Waals surface area contributed by atoms with Gasteiger partial charge in [-0.05, 0) is 60.4 Å². The lowest BCUT2D eigenvalue weighted by atomic mass is 9.88. The van der Waals surface area contributed by atoms with Crippen molar-refractivity contribution in [2.75, 3.05) is 10.6 Å². The first-order valence-corrected chi connectivity index (χ1v) is 11.7. The standard InChI is InChI=1S/C27H22ClF3N4O/c28-22-10-11-25(21-13-18(36)7-9-19(21)22)35(17-4-2-1-3-5-17)26-14-24(33-15-34-26)20-8-6-16(12-23(20)32)27(29,30)31/h1-6,8,10-12,14-15,18,36H,7,9,13,32H2. The van der Waals surface area contributed by atoms with Crippen LogP contribution in [0.4, 0.5) is 36.1 Å². The van der Waals surface area contributed by atoms with Gasteiger partial charge in [0.2, 0.25) is 0 Å². The number of fused-ring (bicyclic) bond motifs is 1. The molecule has 184 valence electrons. The van der Waals surface area contributed by atoms with E-state index in [0.29, 0.717) is 41.4 Å². The van der Waals surface area contributed by atoms with Gasteiger partial charge in [0, 0.05) is 34.4 Å². The smallest absolute Gasteiger partial charge is 0.398 e. The van der Waals surface area contributed by atoms with E-state index >= 15 is 0 Å². The first kappa shape index (κ1) is 24.1. The van der Waals surface area contributed by atoms with Crippen LogP contribution in [0.2, 0.25) is 5.02 Å². The van der Waals surface area contributed by atoms with Crippen LogP contribution in [-0.2, 0) is 19.0 Å². The number of nitrogens with two attached hydrogens (primary N) is 1. The number of nitrogen functional groups attached to an aromatic ring is 1. The Kier molecular flexibility index (Phi) is 6.32. The lowest BCUT2D eigenvalue weighted by molar-refractivity contribution is -0.137. The van der Waals surface area contributed by atoms with E-state index in [1.165, 1.54) is 12.4 Å². The summed E-state index contributed by atoms with van der Waals surface area (Å²) in [5.41, 5.74) is 9.44. The van der Waals surface area contributed by atoms with E-state index < -0.39 is 17.8 Å². The summed E-state index contributed by atoms with van der Waals surface area (Å²) < 4.78 is 39.4. The molecular formula is C27H22ClF3N4O. The molecule has 0 spiro atoms. The molecule has 9 heteroatoms. The highest BCUT2D eigenvalue weighted by molar-refractivity contribution is 6.31. The molecule has 0 fully saturated rings.